The van der Waals surface area contributed by atoms with Crippen LogP contribution >= 0.6 is 0 Å². The molecule has 0 fully saturated rings. The zero-order chi connectivity index (χ0) is 15.6. The Kier molecular flexibility index (Phi) is 4.24. The lowest BCUT2D eigenvalue weighted by molar-refractivity contribution is 0.465. The van der Waals surface area contributed by atoms with Crippen molar-refractivity contribution in [3.63, 3.8) is 0 Å². The van der Waals surface area contributed by atoms with Gasteiger partial charge >= 0.3 is 0 Å². The number of halogens is 2. The lowest BCUT2D eigenvalue weighted by Crippen LogP contribution is -2.26. The Hall–Kier alpha value is -1.99. The van der Waals surface area contributed by atoms with Crippen LogP contribution in [0, 0.1) is 11.6 Å². The van der Waals surface area contributed by atoms with Crippen LogP contribution in [0.25, 0.3) is 0 Å². The highest BCUT2D eigenvalue weighted by Crippen LogP contribution is 2.21. The summed E-state index contributed by atoms with van der Waals surface area (Å²) in [5, 5.41) is 0. The maximum atomic E-state index is 13.1. The number of sulfonamides is 1. The highest BCUT2D eigenvalue weighted by Gasteiger charge is 2.21. The third-order valence-electron chi connectivity index (χ3n) is 2.97. The smallest absolute Gasteiger partial charge is 0.243 e. The van der Waals surface area contributed by atoms with Crippen LogP contribution in [0.5, 0.6) is 0 Å². The second kappa shape index (κ2) is 5.79. The van der Waals surface area contributed by atoms with Gasteiger partial charge in [-0.2, -0.15) is 4.31 Å². The molecule has 0 aliphatic carbocycles. The number of anilines is 1. The molecule has 0 saturated carbocycles. The first kappa shape index (κ1) is 15.4. The zero-order valence-corrected chi connectivity index (χ0v) is 12.1. The number of hydrogen-bond acceptors (Lipinski definition) is 3. The summed E-state index contributed by atoms with van der Waals surface area (Å²) in [6.45, 7) is -0.00260. The largest absolute Gasteiger partial charge is 0.396 e. The topological polar surface area (TPSA) is 63.4 Å². The van der Waals surface area contributed by atoms with Gasteiger partial charge in [-0.1, -0.05) is 12.1 Å². The summed E-state index contributed by atoms with van der Waals surface area (Å²) in [7, 11) is -2.46. The van der Waals surface area contributed by atoms with E-state index in [1.54, 1.807) is 6.07 Å². The summed E-state index contributed by atoms with van der Waals surface area (Å²) in [5.41, 5.74) is 5.65. The molecule has 2 aromatic rings. The van der Waals surface area contributed by atoms with Gasteiger partial charge in [-0.05, 0) is 35.9 Å². The van der Waals surface area contributed by atoms with Crippen molar-refractivity contribution in [2.24, 2.45) is 0 Å². The standard InChI is InChI=1S/C14H14F2N2O2S/c1-18(9-10-3-2-4-11(15)7-10)21(19,20)12-5-6-13(16)14(17)8-12/h2-8H,9,17H2,1H3. The van der Waals surface area contributed by atoms with Crippen LogP contribution in [-0.2, 0) is 16.6 Å². The van der Waals surface area contributed by atoms with Crippen LogP contribution in [-0.4, -0.2) is 19.8 Å². The van der Waals surface area contributed by atoms with Gasteiger partial charge in [0.2, 0.25) is 10.0 Å². The molecule has 0 saturated heterocycles. The molecule has 0 bridgehead atoms. The molecule has 2 N–H and O–H groups in total. The first-order valence-electron chi connectivity index (χ1n) is 6.06. The van der Waals surface area contributed by atoms with E-state index < -0.39 is 21.7 Å². The Balaban J connectivity index is 2.28. The molecule has 2 aromatic carbocycles. The third-order valence-corrected chi connectivity index (χ3v) is 4.77. The Labute approximate surface area is 121 Å². The van der Waals surface area contributed by atoms with Crippen LogP contribution in [0.1, 0.15) is 5.56 Å². The normalized spacial score (nSPS) is 11.8. The summed E-state index contributed by atoms with van der Waals surface area (Å²) in [4.78, 5) is -0.111. The molecule has 4 nitrogen and oxygen atoms in total. The van der Waals surface area contributed by atoms with Crippen LogP contribution in [0.3, 0.4) is 0 Å². The van der Waals surface area contributed by atoms with Crippen molar-refractivity contribution in [1.82, 2.24) is 4.31 Å². The van der Waals surface area contributed by atoms with E-state index >= 15 is 0 Å². The van der Waals surface area contributed by atoms with E-state index in [9.17, 15) is 17.2 Å². The number of nitrogens with two attached hydrogens (primary N) is 1. The van der Waals surface area contributed by atoms with Crippen molar-refractivity contribution < 1.29 is 17.2 Å². The van der Waals surface area contributed by atoms with Gasteiger partial charge < -0.3 is 5.73 Å². The van der Waals surface area contributed by atoms with Gasteiger partial charge in [-0.25, -0.2) is 17.2 Å². The predicted molar refractivity (Wildman–Crippen MR) is 75.9 cm³/mol. The van der Waals surface area contributed by atoms with Gasteiger partial charge in [0, 0.05) is 13.6 Å². The molecule has 112 valence electrons. The monoisotopic (exact) mass is 312 g/mol. The minimum atomic E-state index is -3.83. The van der Waals surface area contributed by atoms with E-state index in [0.29, 0.717) is 5.56 Å². The number of nitrogen functional groups attached to an aromatic ring is 1. The summed E-state index contributed by atoms with van der Waals surface area (Å²) in [5.74, 6) is -1.12. The van der Waals surface area contributed by atoms with E-state index in [2.05, 4.69) is 0 Å². The second-order valence-corrected chi connectivity index (χ2v) is 6.62. The van der Waals surface area contributed by atoms with Gasteiger partial charge in [0.15, 0.2) is 0 Å². The van der Waals surface area contributed by atoms with Crippen molar-refractivity contribution in [1.29, 1.82) is 0 Å². The fraction of sp³-hybridized carbons (Fsp3) is 0.143. The highest BCUT2D eigenvalue weighted by molar-refractivity contribution is 7.89. The predicted octanol–water partition coefficient (Wildman–Crippen LogP) is 2.37. The van der Waals surface area contributed by atoms with Crippen molar-refractivity contribution in [2.45, 2.75) is 11.4 Å². The average molecular weight is 312 g/mol. The van der Waals surface area contributed by atoms with Crippen molar-refractivity contribution in [2.75, 3.05) is 12.8 Å². The molecular weight excluding hydrogens is 298 g/mol. The van der Waals surface area contributed by atoms with Crippen molar-refractivity contribution in [3.8, 4) is 0 Å². The van der Waals surface area contributed by atoms with Gasteiger partial charge in [0.05, 0.1) is 10.6 Å². The first-order valence-corrected chi connectivity index (χ1v) is 7.50. The van der Waals surface area contributed by atoms with E-state index in [0.717, 1.165) is 22.5 Å². The summed E-state index contributed by atoms with van der Waals surface area (Å²) >= 11 is 0. The Morgan fingerprint density at radius 3 is 2.48 bits per heavy atom. The fourth-order valence-electron chi connectivity index (χ4n) is 1.84. The Morgan fingerprint density at radius 2 is 1.86 bits per heavy atom. The molecule has 0 aliphatic rings. The Bertz CT molecular complexity index is 763. The van der Waals surface area contributed by atoms with Crippen LogP contribution in [0.4, 0.5) is 14.5 Å². The number of benzene rings is 2. The second-order valence-electron chi connectivity index (χ2n) is 4.57. The van der Waals surface area contributed by atoms with E-state index in [1.165, 1.54) is 25.2 Å². The van der Waals surface area contributed by atoms with Crippen LogP contribution < -0.4 is 5.73 Å². The Morgan fingerprint density at radius 1 is 1.14 bits per heavy atom. The fourth-order valence-corrected chi connectivity index (χ4v) is 3.03. The summed E-state index contributed by atoms with van der Waals surface area (Å²) in [6.07, 6.45) is 0. The molecule has 7 heteroatoms. The van der Waals surface area contributed by atoms with Crippen molar-refractivity contribution >= 4 is 15.7 Å². The third kappa shape index (κ3) is 3.37. The van der Waals surface area contributed by atoms with Crippen LogP contribution in [0.2, 0.25) is 0 Å². The van der Waals surface area contributed by atoms with Gasteiger partial charge in [-0.3, -0.25) is 0 Å². The molecule has 0 unspecified atom stereocenters. The molecule has 0 atom stereocenters. The van der Waals surface area contributed by atoms with Gasteiger partial charge in [0.1, 0.15) is 11.6 Å². The minimum absolute atomic E-state index is 0.00260. The zero-order valence-electron chi connectivity index (χ0n) is 11.3. The highest BCUT2D eigenvalue weighted by atomic mass is 32.2. The van der Waals surface area contributed by atoms with Gasteiger partial charge in [-0.15, -0.1) is 0 Å². The molecule has 21 heavy (non-hydrogen) atoms. The van der Waals surface area contributed by atoms with E-state index in [-0.39, 0.29) is 17.1 Å². The molecule has 0 aliphatic heterocycles. The van der Waals surface area contributed by atoms with Gasteiger partial charge in [0.25, 0.3) is 0 Å². The number of rotatable bonds is 4. The van der Waals surface area contributed by atoms with E-state index in [1.807, 2.05) is 0 Å². The maximum absolute atomic E-state index is 13.1. The maximum Gasteiger partial charge on any atom is 0.243 e. The SMILES string of the molecule is CN(Cc1cccc(F)c1)S(=O)(=O)c1ccc(F)c(N)c1. The summed E-state index contributed by atoms with van der Waals surface area (Å²) < 4.78 is 51.9. The quantitative estimate of drug-likeness (QED) is 0.882. The first-order chi connectivity index (χ1) is 9.80. The molecule has 0 aromatic heterocycles. The molecule has 0 spiro atoms. The lowest BCUT2D eigenvalue weighted by atomic mass is 10.2. The molecule has 2 rings (SSSR count). The summed E-state index contributed by atoms with van der Waals surface area (Å²) in [6, 6.07) is 8.85. The van der Waals surface area contributed by atoms with Crippen molar-refractivity contribution in [3.05, 3.63) is 59.7 Å². The van der Waals surface area contributed by atoms with Crippen LogP contribution in [0.15, 0.2) is 47.4 Å². The minimum Gasteiger partial charge on any atom is -0.396 e. The number of nitrogens with zero attached hydrogens (tertiary/aromatic N) is 1. The number of hydrogen-bond donors (Lipinski definition) is 1. The molecule has 0 radical (unpaired) electrons. The molecule has 0 amide bonds. The lowest BCUT2D eigenvalue weighted by Gasteiger charge is -2.17. The average Bonchev–Trinajstić information content (AvgIpc) is 2.41. The molecular formula is C14H14F2N2O2S. The molecule has 0 heterocycles. The van der Waals surface area contributed by atoms with E-state index in [4.69, 9.17) is 5.73 Å².